The van der Waals surface area contributed by atoms with E-state index in [-0.39, 0.29) is 42.3 Å². The zero-order chi connectivity index (χ0) is 27.9. The van der Waals surface area contributed by atoms with E-state index < -0.39 is 29.7 Å². The zero-order valence-corrected chi connectivity index (χ0v) is 20.9. The Morgan fingerprint density at radius 1 is 1.15 bits per heavy atom. The number of nitrogens with two attached hydrogens (primary N) is 2. The number of aliphatic hydroxyl groups is 1. The lowest BCUT2D eigenvalue weighted by Gasteiger charge is -2.44. The Labute approximate surface area is 220 Å². The molecule has 0 bridgehead atoms. The van der Waals surface area contributed by atoms with Gasteiger partial charge in [0.25, 0.3) is 6.43 Å². The van der Waals surface area contributed by atoms with Gasteiger partial charge in [0.05, 0.1) is 42.6 Å². The zero-order valence-electron chi connectivity index (χ0n) is 20.9. The van der Waals surface area contributed by atoms with Gasteiger partial charge in [0.15, 0.2) is 23.0 Å². The van der Waals surface area contributed by atoms with E-state index in [0.717, 1.165) is 12.1 Å². The molecular formula is C25H26F4N8O2. The highest BCUT2D eigenvalue weighted by molar-refractivity contribution is 5.81. The minimum absolute atomic E-state index is 0.0713. The molecule has 0 aliphatic carbocycles. The number of imidazole rings is 1. The third-order valence-corrected chi connectivity index (χ3v) is 6.94. The van der Waals surface area contributed by atoms with Gasteiger partial charge in [0, 0.05) is 24.7 Å². The molecular weight excluding hydrogens is 520 g/mol. The largest absolute Gasteiger partial charge is 0.494 e. The maximum absolute atomic E-state index is 14.9. The van der Waals surface area contributed by atoms with Crippen LogP contribution in [-0.4, -0.2) is 67.9 Å². The smallest absolute Gasteiger partial charge is 0.265 e. The molecule has 0 spiro atoms. The molecule has 4 aromatic rings. The van der Waals surface area contributed by atoms with Crippen molar-refractivity contribution in [3.05, 3.63) is 54.2 Å². The van der Waals surface area contributed by atoms with Gasteiger partial charge in [-0.3, -0.25) is 0 Å². The summed E-state index contributed by atoms with van der Waals surface area (Å²) >= 11 is 0. The molecule has 39 heavy (non-hydrogen) atoms. The minimum Gasteiger partial charge on any atom is -0.494 e. The van der Waals surface area contributed by atoms with Gasteiger partial charge < -0.3 is 30.8 Å². The second-order valence-electron chi connectivity index (χ2n) is 9.47. The number of alkyl halides is 2. The lowest BCUT2D eigenvalue weighted by molar-refractivity contribution is -0.0529. The molecule has 0 radical (unpaired) electrons. The van der Waals surface area contributed by atoms with Crippen LogP contribution in [0.1, 0.15) is 18.5 Å². The number of halogens is 4. The monoisotopic (exact) mass is 546 g/mol. The van der Waals surface area contributed by atoms with E-state index >= 15 is 0 Å². The van der Waals surface area contributed by atoms with Crippen LogP contribution < -0.4 is 21.1 Å². The standard InChI is InChI=1S/C25H26F4N8O2/c1-39-19-8-14(26)13(7-15(19)27)16-3-4-18(36-6-2-5-25(31,10-36)21(38)22(28)29)17(35-16)9-37-12-34-20-23(30)32-11-33-24(20)37/h3-4,7-8,11-12,21-22,38H,2,5-6,9-10,31H2,1H3,(H2,30,32,33)/t21-,25?/m1/s1. The Hall–Kier alpha value is -4.04. The molecule has 0 amide bonds. The predicted octanol–water partition coefficient (Wildman–Crippen LogP) is 2.73. The number of fused-ring (bicyclic) bond motifs is 1. The van der Waals surface area contributed by atoms with E-state index in [1.807, 2.05) is 0 Å². The molecule has 1 aromatic carbocycles. The number of piperidine rings is 1. The lowest BCUT2D eigenvalue weighted by Crippen LogP contribution is -2.63. The molecule has 4 heterocycles. The summed E-state index contributed by atoms with van der Waals surface area (Å²) in [5.41, 5.74) is 12.3. The van der Waals surface area contributed by atoms with Crippen molar-refractivity contribution in [3.8, 4) is 17.0 Å². The fourth-order valence-corrected chi connectivity index (χ4v) is 4.92. The number of hydrogen-bond donors (Lipinski definition) is 3. The van der Waals surface area contributed by atoms with E-state index in [1.54, 1.807) is 15.5 Å². The van der Waals surface area contributed by atoms with Crippen molar-refractivity contribution in [2.75, 3.05) is 30.8 Å². The third kappa shape index (κ3) is 4.92. The molecule has 206 valence electrons. The average molecular weight is 547 g/mol. The number of ether oxygens (including phenoxy) is 1. The van der Waals surface area contributed by atoms with Crippen molar-refractivity contribution >= 4 is 22.7 Å². The van der Waals surface area contributed by atoms with Crippen LogP contribution in [0.25, 0.3) is 22.4 Å². The Morgan fingerprint density at radius 3 is 2.69 bits per heavy atom. The van der Waals surface area contributed by atoms with Crippen LogP contribution >= 0.6 is 0 Å². The third-order valence-electron chi connectivity index (χ3n) is 6.94. The molecule has 1 aliphatic rings. The highest BCUT2D eigenvalue weighted by Gasteiger charge is 2.43. The van der Waals surface area contributed by atoms with Gasteiger partial charge in [-0.1, -0.05) is 0 Å². The number of anilines is 2. The van der Waals surface area contributed by atoms with Crippen LogP contribution in [0.15, 0.2) is 36.9 Å². The summed E-state index contributed by atoms with van der Waals surface area (Å²) in [6.45, 7) is 0.452. The van der Waals surface area contributed by atoms with Gasteiger partial charge in [-0.15, -0.1) is 0 Å². The summed E-state index contributed by atoms with van der Waals surface area (Å²) in [6.07, 6.45) is -1.61. The number of benzene rings is 1. The second-order valence-corrected chi connectivity index (χ2v) is 9.47. The van der Waals surface area contributed by atoms with E-state index in [4.69, 9.17) is 16.2 Å². The first kappa shape index (κ1) is 26.6. The predicted molar refractivity (Wildman–Crippen MR) is 135 cm³/mol. The SMILES string of the molecule is COc1cc(F)c(-c2ccc(N3CCCC(N)([C@H](O)C(F)F)C3)c(Cn3cnc4c(N)ncnc43)n2)cc1F. The first-order valence-corrected chi connectivity index (χ1v) is 12.1. The van der Waals surface area contributed by atoms with Gasteiger partial charge in [-0.2, -0.15) is 0 Å². The minimum atomic E-state index is -3.01. The van der Waals surface area contributed by atoms with Crippen molar-refractivity contribution in [3.63, 3.8) is 0 Å². The number of methoxy groups -OCH3 is 1. The lowest BCUT2D eigenvalue weighted by atomic mass is 9.84. The van der Waals surface area contributed by atoms with Crippen molar-refractivity contribution in [2.24, 2.45) is 5.73 Å². The molecule has 14 heteroatoms. The average Bonchev–Trinajstić information content (AvgIpc) is 3.33. The second kappa shape index (κ2) is 10.3. The highest BCUT2D eigenvalue weighted by atomic mass is 19.3. The molecule has 1 aliphatic heterocycles. The number of aliphatic hydroxyl groups excluding tert-OH is 1. The first-order chi connectivity index (χ1) is 18.6. The molecule has 1 unspecified atom stereocenters. The van der Waals surface area contributed by atoms with E-state index in [1.165, 1.54) is 25.8 Å². The van der Waals surface area contributed by atoms with Gasteiger partial charge in [-0.25, -0.2) is 37.5 Å². The maximum atomic E-state index is 14.9. The molecule has 1 fully saturated rings. The van der Waals surface area contributed by atoms with E-state index in [9.17, 15) is 22.7 Å². The van der Waals surface area contributed by atoms with Crippen LogP contribution in [-0.2, 0) is 6.54 Å². The Bertz CT molecular complexity index is 1520. The highest BCUT2D eigenvalue weighted by Crippen LogP contribution is 2.34. The first-order valence-electron chi connectivity index (χ1n) is 12.1. The van der Waals surface area contributed by atoms with Gasteiger partial charge in [0.2, 0.25) is 0 Å². The number of aromatic nitrogens is 5. The number of rotatable bonds is 7. The van der Waals surface area contributed by atoms with Gasteiger partial charge in [-0.05, 0) is 31.0 Å². The maximum Gasteiger partial charge on any atom is 0.265 e. The van der Waals surface area contributed by atoms with Crippen molar-refractivity contribution in [2.45, 2.75) is 37.5 Å². The summed E-state index contributed by atoms with van der Waals surface area (Å²) in [5, 5.41) is 10.1. The Balaban J connectivity index is 1.60. The molecule has 5 N–H and O–H groups in total. The van der Waals surface area contributed by atoms with Crippen molar-refractivity contribution < 1.29 is 27.4 Å². The quantitative estimate of drug-likeness (QED) is 0.298. The molecule has 10 nitrogen and oxygen atoms in total. The van der Waals surface area contributed by atoms with Crippen LogP contribution in [0, 0.1) is 11.6 Å². The molecule has 0 saturated carbocycles. The number of nitrogens with zero attached hydrogens (tertiary/aromatic N) is 6. The molecule has 3 aromatic heterocycles. The Kier molecular flexibility index (Phi) is 6.99. The fourth-order valence-electron chi connectivity index (χ4n) is 4.92. The number of hydrogen-bond acceptors (Lipinski definition) is 9. The van der Waals surface area contributed by atoms with Crippen LogP contribution in [0.4, 0.5) is 29.1 Å². The van der Waals surface area contributed by atoms with E-state index in [0.29, 0.717) is 35.5 Å². The topological polar surface area (TPSA) is 141 Å². The fraction of sp³-hybridized carbons (Fsp3) is 0.360. The van der Waals surface area contributed by atoms with Gasteiger partial charge in [0.1, 0.15) is 23.8 Å². The molecule has 5 rings (SSSR count). The Morgan fingerprint density at radius 2 is 1.95 bits per heavy atom. The molecule has 2 atom stereocenters. The van der Waals surface area contributed by atoms with Crippen molar-refractivity contribution in [1.29, 1.82) is 0 Å². The number of pyridine rings is 1. The summed E-state index contributed by atoms with van der Waals surface area (Å²) < 4.78 is 62.7. The summed E-state index contributed by atoms with van der Waals surface area (Å²) in [6, 6.07) is 5.07. The van der Waals surface area contributed by atoms with Crippen molar-refractivity contribution in [1.82, 2.24) is 24.5 Å². The van der Waals surface area contributed by atoms with Crippen LogP contribution in [0.5, 0.6) is 5.75 Å². The van der Waals surface area contributed by atoms with Gasteiger partial charge >= 0.3 is 0 Å². The van der Waals surface area contributed by atoms with Crippen LogP contribution in [0.2, 0.25) is 0 Å². The normalized spacial score (nSPS) is 18.6. The summed E-state index contributed by atoms with van der Waals surface area (Å²) in [4.78, 5) is 18.8. The number of nitrogen functional groups attached to an aromatic ring is 1. The van der Waals surface area contributed by atoms with Crippen LogP contribution in [0.3, 0.4) is 0 Å². The summed E-state index contributed by atoms with van der Waals surface area (Å²) in [5.74, 6) is -1.58. The summed E-state index contributed by atoms with van der Waals surface area (Å²) in [7, 11) is 1.23. The van der Waals surface area contributed by atoms with E-state index in [2.05, 4.69) is 19.9 Å². The molecule has 1 saturated heterocycles.